The molecule has 5 heteroatoms. The molecule has 1 aliphatic rings. The highest BCUT2D eigenvalue weighted by molar-refractivity contribution is 7.79. The summed E-state index contributed by atoms with van der Waals surface area (Å²) in [5.41, 5.74) is 1.36. The Morgan fingerprint density at radius 2 is 1.95 bits per heavy atom. The molecule has 0 aliphatic carbocycles. The zero-order chi connectivity index (χ0) is 14.7. The van der Waals surface area contributed by atoms with Gasteiger partial charge in [0, 0.05) is 11.0 Å². The van der Waals surface area contributed by atoms with Crippen molar-refractivity contribution in [1.82, 2.24) is 0 Å². The first kappa shape index (κ1) is 13.4. The molecule has 106 valence electrons. The van der Waals surface area contributed by atoms with Crippen LogP contribution in [0.2, 0.25) is 0 Å². The molecule has 0 bridgehead atoms. The first-order valence-corrected chi connectivity index (χ1v) is 8.58. The Hall–Kier alpha value is -1.54. The molecule has 2 aromatic rings. The van der Waals surface area contributed by atoms with Gasteiger partial charge in [0.1, 0.15) is 0 Å². The largest absolute Gasteiger partial charge is 0.405 e. The van der Waals surface area contributed by atoms with Crippen molar-refractivity contribution >= 4 is 17.9 Å². The third-order valence-electron chi connectivity index (χ3n) is 4.28. The normalized spacial score (nSPS) is 23.4. The van der Waals surface area contributed by atoms with Crippen molar-refractivity contribution in [1.29, 1.82) is 0 Å². The smallest absolute Gasteiger partial charge is 0.364 e. The number of nitrogens with two attached hydrogens (primary N) is 1. The van der Waals surface area contributed by atoms with Crippen LogP contribution < -0.4 is 21.3 Å². The number of nitrogens with zero attached hydrogens (tertiary/aromatic N) is 1. The highest BCUT2D eigenvalue weighted by Gasteiger charge is 2.54. The standard InChI is InChI=1S/C15H20N2O2P/c1-10(2)20(18)12-8-6-5-7-11(12)15(3,4)13-14(20)17(16)9-19-13/h5-10H,16H2,1-4H3/q+1. The molecule has 0 saturated carbocycles. The summed E-state index contributed by atoms with van der Waals surface area (Å²) in [7, 11) is -2.79. The van der Waals surface area contributed by atoms with E-state index in [0.717, 1.165) is 16.6 Å². The van der Waals surface area contributed by atoms with Crippen molar-refractivity contribution in [3.05, 3.63) is 42.0 Å². The summed E-state index contributed by atoms with van der Waals surface area (Å²) in [6.07, 6.45) is 1.45. The molecule has 1 unspecified atom stereocenters. The van der Waals surface area contributed by atoms with Crippen LogP contribution in [0.4, 0.5) is 0 Å². The topological polar surface area (TPSA) is 60.1 Å². The van der Waals surface area contributed by atoms with Crippen LogP contribution in [0, 0.1) is 0 Å². The molecule has 2 heterocycles. The molecule has 4 nitrogen and oxygen atoms in total. The molecule has 0 saturated heterocycles. The van der Waals surface area contributed by atoms with Crippen LogP contribution in [0.1, 0.15) is 39.0 Å². The van der Waals surface area contributed by atoms with Gasteiger partial charge in [-0.3, -0.25) is 0 Å². The Morgan fingerprint density at radius 1 is 1.30 bits per heavy atom. The Labute approximate surface area is 118 Å². The molecule has 20 heavy (non-hydrogen) atoms. The first-order valence-electron chi connectivity index (χ1n) is 6.80. The molecule has 1 aromatic carbocycles. The van der Waals surface area contributed by atoms with E-state index in [-0.39, 0.29) is 11.1 Å². The van der Waals surface area contributed by atoms with Gasteiger partial charge in [-0.15, -0.1) is 0 Å². The lowest BCUT2D eigenvalue weighted by Gasteiger charge is -2.34. The molecule has 3 rings (SSSR count). The Morgan fingerprint density at radius 3 is 2.60 bits per heavy atom. The molecule has 0 radical (unpaired) electrons. The minimum Gasteiger partial charge on any atom is -0.405 e. The maximum atomic E-state index is 13.8. The van der Waals surface area contributed by atoms with E-state index in [9.17, 15) is 4.57 Å². The first-order chi connectivity index (χ1) is 9.31. The van der Waals surface area contributed by atoms with Gasteiger partial charge in [0.25, 0.3) is 0 Å². The monoisotopic (exact) mass is 291 g/mol. The van der Waals surface area contributed by atoms with Crippen LogP contribution >= 0.6 is 7.14 Å². The molecule has 0 spiro atoms. The Kier molecular flexibility index (Phi) is 2.68. The van der Waals surface area contributed by atoms with Crippen LogP contribution in [0.25, 0.3) is 0 Å². The quantitative estimate of drug-likeness (QED) is 0.493. The van der Waals surface area contributed by atoms with Crippen molar-refractivity contribution in [2.45, 2.75) is 38.8 Å². The average molecular weight is 291 g/mol. The van der Waals surface area contributed by atoms with Gasteiger partial charge in [0.05, 0.1) is 5.41 Å². The average Bonchev–Trinajstić information content (AvgIpc) is 2.80. The summed E-state index contributed by atoms with van der Waals surface area (Å²) < 4.78 is 20.9. The van der Waals surface area contributed by atoms with Gasteiger partial charge in [-0.05, 0) is 24.1 Å². The molecule has 1 aromatic heterocycles. The molecule has 1 atom stereocenters. The lowest BCUT2D eigenvalue weighted by atomic mass is 9.82. The van der Waals surface area contributed by atoms with E-state index in [1.165, 1.54) is 11.1 Å². The Bertz CT molecular complexity index is 731. The van der Waals surface area contributed by atoms with E-state index in [2.05, 4.69) is 13.8 Å². The van der Waals surface area contributed by atoms with Crippen LogP contribution in [-0.4, -0.2) is 5.66 Å². The number of aromatic nitrogens is 1. The van der Waals surface area contributed by atoms with E-state index >= 15 is 0 Å². The summed E-state index contributed by atoms with van der Waals surface area (Å²) in [6.45, 7) is 8.12. The fourth-order valence-electron chi connectivity index (χ4n) is 3.13. The third-order valence-corrected chi connectivity index (χ3v) is 7.90. The summed E-state index contributed by atoms with van der Waals surface area (Å²) in [6, 6.07) is 7.93. The zero-order valence-electron chi connectivity index (χ0n) is 12.3. The molecule has 0 fully saturated rings. The summed E-state index contributed by atoms with van der Waals surface area (Å²) >= 11 is 0. The fourth-order valence-corrected chi connectivity index (χ4v) is 6.45. The summed E-state index contributed by atoms with van der Waals surface area (Å²) in [5, 5.41) is 0.910. The van der Waals surface area contributed by atoms with Crippen molar-refractivity contribution in [3.63, 3.8) is 0 Å². The fraction of sp³-hybridized carbons (Fsp3) is 0.400. The maximum Gasteiger partial charge on any atom is 0.364 e. The van der Waals surface area contributed by atoms with Crippen molar-refractivity contribution in [3.8, 4) is 0 Å². The van der Waals surface area contributed by atoms with Crippen molar-refractivity contribution in [2.75, 3.05) is 5.84 Å². The number of rotatable bonds is 1. The maximum absolute atomic E-state index is 13.8. The molecular weight excluding hydrogens is 271 g/mol. The van der Waals surface area contributed by atoms with Gasteiger partial charge in [-0.1, -0.05) is 38.1 Å². The van der Waals surface area contributed by atoms with Gasteiger partial charge in [-0.25, -0.2) is 5.84 Å². The van der Waals surface area contributed by atoms with Gasteiger partial charge in [0.15, 0.2) is 5.76 Å². The van der Waals surface area contributed by atoms with Crippen LogP contribution in [0.5, 0.6) is 0 Å². The molecule has 0 amide bonds. The highest BCUT2D eigenvalue weighted by Crippen LogP contribution is 2.55. The van der Waals surface area contributed by atoms with Gasteiger partial charge < -0.3 is 8.98 Å². The summed E-state index contributed by atoms with van der Waals surface area (Å²) in [5.74, 6) is 6.72. The SMILES string of the molecule is CC(C)P1(=O)c2ccccc2C(C)(C)c2oc[n+](N)c21. The second-order valence-electron chi connectivity index (χ2n) is 6.18. The minimum absolute atomic E-state index is 0.0223. The number of hydrogen-bond donors (Lipinski definition) is 1. The van der Waals surface area contributed by atoms with E-state index < -0.39 is 7.14 Å². The van der Waals surface area contributed by atoms with Crippen LogP contribution in [0.3, 0.4) is 0 Å². The van der Waals surface area contributed by atoms with E-state index in [4.69, 9.17) is 10.3 Å². The van der Waals surface area contributed by atoms with E-state index in [1.54, 1.807) is 0 Å². The Balaban J connectivity index is 2.48. The second kappa shape index (κ2) is 3.98. The molecule has 2 N–H and O–H groups in total. The van der Waals surface area contributed by atoms with Crippen molar-refractivity contribution in [2.24, 2.45) is 0 Å². The van der Waals surface area contributed by atoms with Crippen molar-refractivity contribution < 1.29 is 13.7 Å². The molecular formula is C15H20N2O2P+. The highest BCUT2D eigenvalue weighted by atomic mass is 31.2. The number of benzene rings is 1. The third kappa shape index (κ3) is 1.43. The summed E-state index contributed by atoms with van der Waals surface area (Å²) in [4.78, 5) is 0. The van der Waals surface area contributed by atoms with E-state index in [1.807, 2.05) is 38.1 Å². The number of oxazole rings is 1. The predicted octanol–water partition coefficient (Wildman–Crippen LogP) is 1.64. The second-order valence-corrected chi connectivity index (χ2v) is 9.43. The number of hydrogen-bond acceptors (Lipinski definition) is 3. The predicted molar refractivity (Wildman–Crippen MR) is 79.6 cm³/mol. The van der Waals surface area contributed by atoms with E-state index in [0.29, 0.717) is 5.44 Å². The lowest BCUT2D eigenvalue weighted by molar-refractivity contribution is -0.624. The van der Waals surface area contributed by atoms with Gasteiger partial charge in [-0.2, -0.15) is 0 Å². The van der Waals surface area contributed by atoms with Gasteiger partial charge in [0.2, 0.25) is 7.14 Å². The van der Waals surface area contributed by atoms with Gasteiger partial charge >= 0.3 is 11.8 Å². The number of fused-ring (bicyclic) bond motifs is 2. The number of nitrogen functional groups attached to an aromatic ring is 1. The minimum atomic E-state index is -2.79. The lowest BCUT2D eigenvalue weighted by Crippen LogP contribution is -2.59. The zero-order valence-corrected chi connectivity index (χ0v) is 13.1. The van der Waals surface area contributed by atoms with Crippen LogP contribution in [0.15, 0.2) is 35.1 Å². The van der Waals surface area contributed by atoms with Crippen LogP contribution in [-0.2, 0) is 9.98 Å². The molecule has 1 aliphatic heterocycles.